The van der Waals surface area contributed by atoms with Gasteiger partial charge < -0.3 is 10.6 Å². The Balaban J connectivity index is 2.17. The molecule has 0 unspecified atom stereocenters. The van der Waals surface area contributed by atoms with Crippen molar-refractivity contribution in [2.45, 2.75) is 52.9 Å². The molecule has 0 aliphatic heterocycles. The van der Waals surface area contributed by atoms with Crippen LogP contribution in [0.5, 0.6) is 0 Å². The summed E-state index contributed by atoms with van der Waals surface area (Å²) in [5, 5.41) is 5.90. The van der Waals surface area contributed by atoms with Crippen molar-refractivity contribution in [1.82, 2.24) is 5.32 Å². The summed E-state index contributed by atoms with van der Waals surface area (Å²) in [7, 11) is 0. The van der Waals surface area contributed by atoms with E-state index >= 15 is 0 Å². The molecular formula is C18H26N2O2. The van der Waals surface area contributed by atoms with Crippen molar-refractivity contribution in [2.24, 2.45) is 5.41 Å². The van der Waals surface area contributed by atoms with E-state index in [-0.39, 0.29) is 11.8 Å². The van der Waals surface area contributed by atoms with Crippen molar-refractivity contribution in [1.29, 1.82) is 0 Å². The van der Waals surface area contributed by atoms with Gasteiger partial charge in [-0.1, -0.05) is 39.0 Å². The molecule has 22 heavy (non-hydrogen) atoms. The Kier molecular flexibility index (Phi) is 5.22. The highest BCUT2D eigenvalue weighted by atomic mass is 16.2. The lowest BCUT2D eigenvalue weighted by Gasteiger charge is -2.19. The van der Waals surface area contributed by atoms with Crippen LogP contribution in [0.1, 0.15) is 51.2 Å². The van der Waals surface area contributed by atoms with Crippen LogP contribution in [0, 0.1) is 5.41 Å². The first-order valence-electron chi connectivity index (χ1n) is 8.29. The molecule has 0 bridgehead atoms. The fourth-order valence-corrected chi connectivity index (χ4v) is 2.73. The van der Waals surface area contributed by atoms with E-state index in [0.717, 1.165) is 36.1 Å². The van der Waals surface area contributed by atoms with Gasteiger partial charge in [-0.25, -0.2) is 0 Å². The van der Waals surface area contributed by atoms with Crippen molar-refractivity contribution >= 4 is 17.5 Å². The van der Waals surface area contributed by atoms with Crippen molar-refractivity contribution in [2.75, 3.05) is 11.9 Å². The zero-order chi connectivity index (χ0) is 16.2. The first-order valence-corrected chi connectivity index (χ1v) is 8.29. The van der Waals surface area contributed by atoms with Gasteiger partial charge in [0, 0.05) is 12.2 Å². The number of para-hydroxylation sites is 1. The molecule has 0 saturated heterocycles. The number of rotatable bonds is 7. The van der Waals surface area contributed by atoms with Crippen LogP contribution in [0.15, 0.2) is 18.2 Å². The SMILES string of the molecule is CCCNC(=O)C1(C(=O)Nc2c(CC)cccc2CC)CC1. The average molecular weight is 302 g/mol. The minimum Gasteiger partial charge on any atom is -0.355 e. The third kappa shape index (κ3) is 3.16. The number of hydrogen-bond donors (Lipinski definition) is 2. The number of nitrogens with one attached hydrogen (secondary N) is 2. The third-order valence-electron chi connectivity index (χ3n) is 4.39. The van der Waals surface area contributed by atoms with Crippen LogP contribution in [-0.4, -0.2) is 18.4 Å². The van der Waals surface area contributed by atoms with Gasteiger partial charge in [0.2, 0.25) is 11.8 Å². The van der Waals surface area contributed by atoms with Crippen LogP contribution in [-0.2, 0) is 22.4 Å². The molecule has 1 aromatic rings. The molecule has 4 nitrogen and oxygen atoms in total. The van der Waals surface area contributed by atoms with E-state index in [0.29, 0.717) is 19.4 Å². The third-order valence-corrected chi connectivity index (χ3v) is 4.39. The monoisotopic (exact) mass is 302 g/mol. The van der Waals surface area contributed by atoms with Gasteiger partial charge in [-0.15, -0.1) is 0 Å². The Labute approximate surface area is 132 Å². The van der Waals surface area contributed by atoms with Gasteiger partial charge in [-0.3, -0.25) is 9.59 Å². The number of benzene rings is 1. The second-order valence-electron chi connectivity index (χ2n) is 5.95. The number of amides is 2. The second kappa shape index (κ2) is 6.95. The Hall–Kier alpha value is -1.84. The first kappa shape index (κ1) is 16.5. The lowest BCUT2D eigenvalue weighted by Crippen LogP contribution is -2.40. The molecule has 1 fully saturated rings. The lowest BCUT2D eigenvalue weighted by atomic mass is 10.0. The lowest BCUT2D eigenvalue weighted by molar-refractivity contribution is -0.134. The highest BCUT2D eigenvalue weighted by molar-refractivity contribution is 6.13. The summed E-state index contributed by atoms with van der Waals surface area (Å²) in [4.78, 5) is 24.9. The van der Waals surface area contributed by atoms with Crippen molar-refractivity contribution in [3.8, 4) is 0 Å². The molecule has 0 radical (unpaired) electrons. The fourth-order valence-electron chi connectivity index (χ4n) is 2.73. The maximum absolute atomic E-state index is 12.7. The van der Waals surface area contributed by atoms with Crippen LogP contribution in [0.4, 0.5) is 5.69 Å². The molecule has 0 heterocycles. The smallest absolute Gasteiger partial charge is 0.240 e. The van der Waals surface area contributed by atoms with E-state index in [2.05, 4.69) is 24.5 Å². The summed E-state index contributed by atoms with van der Waals surface area (Å²) in [5.41, 5.74) is 2.29. The minimum atomic E-state index is -0.846. The first-order chi connectivity index (χ1) is 10.6. The van der Waals surface area contributed by atoms with Crippen LogP contribution in [0.2, 0.25) is 0 Å². The average Bonchev–Trinajstić information content (AvgIpc) is 3.34. The van der Waals surface area contributed by atoms with Gasteiger partial charge >= 0.3 is 0 Å². The van der Waals surface area contributed by atoms with E-state index in [1.807, 2.05) is 25.1 Å². The summed E-state index contributed by atoms with van der Waals surface area (Å²) in [6.45, 7) is 6.78. The topological polar surface area (TPSA) is 58.2 Å². The van der Waals surface area contributed by atoms with Crippen LogP contribution < -0.4 is 10.6 Å². The molecule has 1 aromatic carbocycles. The highest BCUT2D eigenvalue weighted by Gasteiger charge is 2.56. The van der Waals surface area contributed by atoms with Crippen molar-refractivity contribution in [3.05, 3.63) is 29.3 Å². The van der Waals surface area contributed by atoms with Gasteiger partial charge in [-0.2, -0.15) is 0 Å². The summed E-state index contributed by atoms with van der Waals surface area (Å²) in [5.74, 6) is -0.282. The normalized spacial score (nSPS) is 15.2. The van der Waals surface area contributed by atoms with Gasteiger partial charge in [0.05, 0.1) is 0 Å². The molecule has 0 aromatic heterocycles. The number of carbonyl (C=O) groups excluding carboxylic acids is 2. The fraction of sp³-hybridized carbons (Fsp3) is 0.556. The Bertz CT molecular complexity index is 540. The Morgan fingerprint density at radius 1 is 1.05 bits per heavy atom. The van der Waals surface area contributed by atoms with E-state index < -0.39 is 5.41 Å². The van der Waals surface area contributed by atoms with Crippen molar-refractivity contribution in [3.63, 3.8) is 0 Å². The molecule has 0 spiro atoms. The molecule has 2 amide bonds. The summed E-state index contributed by atoms with van der Waals surface area (Å²) >= 11 is 0. The molecule has 4 heteroatoms. The summed E-state index contributed by atoms with van der Waals surface area (Å²) < 4.78 is 0. The molecule has 120 valence electrons. The van der Waals surface area contributed by atoms with Gasteiger partial charge in [0.1, 0.15) is 5.41 Å². The zero-order valence-corrected chi connectivity index (χ0v) is 13.8. The molecule has 1 aliphatic rings. The molecular weight excluding hydrogens is 276 g/mol. The van der Waals surface area contributed by atoms with Crippen LogP contribution >= 0.6 is 0 Å². The summed E-state index contributed by atoms with van der Waals surface area (Å²) in [6, 6.07) is 6.09. The van der Waals surface area contributed by atoms with E-state index in [9.17, 15) is 9.59 Å². The molecule has 2 N–H and O–H groups in total. The number of aryl methyl sites for hydroxylation is 2. The Morgan fingerprint density at radius 3 is 2.09 bits per heavy atom. The predicted octanol–water partition coefficient (Wildman–Crippen LogP) is 3.06. The zero-order valence-electron chi connectivity index (χ0n) is 13.8. The van der Waals surface area contributed by atoms with Gasteiger partial charge in [0.25, 0.3) is 0 Å². The van der Waals surface area contributed by atoms with Crippen LogP contribution in [0.3, 0.4) is 0 Å². The second-order valence-corrected chi connectivity index (χ2v) is 5.95. The quantitative estimate of drug-likeness (QED) is 0.761. The predicted molar refractivity (Wildman–Crippen MR) is 88.8 cm³/mol. The maximum Gasteiger partial charge on any atom is 0.240 e. The molecule has 0 atom stereocenters. The van der Waals surface area contributed by atoms with Gasteiger partial charge in [0.15, 0.2) is 0 Å². The highest BCUT2D eigenvalue weighted by Crippen LogP contribution is 2.47. The molecule has 2 rings (SSSR count). The minimum absolute atomic E-state index is 0.126. The number of hydrogen-bond acceptors (Lipinski definition) is 2. The molecule has 1 saturated carbocycles. The van der Waals surface area contributed by atoms with Crippen LogP contribution in [0.25, 0.3) is 0 Å². The largest absolute Gasteiger partial charge is 0.355 e. The van der Waals surface area contributed by atoms with E-state index in [1.165, 1.54) is 0 Å². The van der Waals surface area contributed by atoms with E-state index in [4.69, 9.17) is 0 Å². The van der Waals surface area contributed by atoms with Gasteiger partial charge in [-0.05, 0) is 43.2 Å². The maximum atomic E-state index is 12.7. The van der Waals surface area contributed by atoms with E-state index in [1.54, 1.807) is 0 Å². The summed E-state index contributed by atoms with van der Waals surface area (Å²) in [6.07, 6.45) is 3.88. The Morgan fingerprint density at radius 2 is 1.64 bits per heavy atom. The number of anilines is 1. The standard InChI is InChI=1S/C18H26N2O2/c1-4-12-19-16(21)18(10-11-18)17(22)20-15-13(5-2)8-7-9-14(15)6-3/h7-9H,4-6,10-12H2,1-3H3,(H,19,21)(H,20,22). The number of carbonyl (C=O) groups is 2. The van der Waals surface area contributed by atoms with Crippen molar-refractivity contribution < 1.29 is 9.59 Å². The molecule has 1 aliphatic carbocycles.